The van der Waals surface area contributed by atoms with Crippen LogP contribution < -0.4 is 10.1 Å². The second-order valence-electron chi connectivity index (χ2n) is 7.00. The molecule has 0 aliphatic rings. The average Bonchev–Trinajstić information content (AvgIpc) is 2.62. The molecular formula is C21H22Cl2FNO4. The Morgan fingerprint density at radius 1 is 1.17 bits per heavy atom. The Bertz CT molecular complexity index is 908. The molecule has 1 amide bonds. The van der Waals surface area contributed by atoms with Gasteiger partial charge in [0.05, 0.1) is 15.7 Å². The van der Waals surface area contributed by atoms with E-state index in [2.05, 4.69) is 5.32 Å². The van der Waals surface area contributed by atoms with E-state index in [9.17, 15) is 14.0 Å². The van der Waals surface area contributed by atoms with Gasteiger partial charge in [-0.1, -0.05) is 37.0 Å². The Hall–Kier alpha value is -2.31. The topological polar surface area (TPSA) is 75.6 Å². The summed E-state index contributed by atoms with van der Waals surface area (Å²) < 4.78 is 20.4. The lowest BCUT2D eigenvalue weighted by Gasteiger charge is -2.15. The van der Waals surface area contributed by atoms with Gasteiger partial charge in [-0.05, 0) is 48.7 Å². The highest BCUT2D eigenvalue weighted by Crippen LogP contribution is 2.35. The van der Waals surface area contributed by atoms with E-state index in [4.69, 9.17) is 33.0 Å². The summed E-state index contributed by atoms with van der Waals surface area (Å²) in [4.78, 5) is 22.6. The zero-order chi connectivity index (χ0) is 21.7. The van der Waals surface area contributed by atoms with Gasteiger partial charge in [0.25, 0.3) is 0 Å². The van der Waals surface area contributed by atoms with Gasteiger partial charge in [0.2, 0.25) is 5.91 Å². The zero-order valence-corrected chi connectivity index (χ0v) is 17.8. The average molecular weight is 442 g/mol. The van der Waals surface area contributed by atoms with Crippen molar-refractivity contribution >= 4 is 40.8 Å². The minimum absolute atomic E-state index is 0.0494. The van der Waals surface area contributed by atoms with Crippen molar-refractivity contribution < 1.29 is 23.8 Å². The van der Waals surface area contributed by atoms with Gasteiger partial charge >= 0.3 is 5.97 Å². The number of amides is 1. The Morgan fingerprint density at radius 2 is 1.79 bits per heavy atom. The lowest BCUT2D eigenvalue weighted by atomic mass is 10.1. The molecule has 2 aromatic rings. The molecule has 0 aromatic heterocycles. The second-order valence-corrected chi connectivity index (χ2v) is 7.81. The number of hydrogen-bond donors (Lipinski definition) is 2. The molecule has 0 bridgehead atoms. The number of halogens is 3. The summed E-state index contributed by atoms with van der Waals surface area (Å²) in [5, 5.41) is 11.8. The van der Waals surface area contributed by atoms with Crippen LogP contribution in [0.15, 0.2) is 24.3 Å². The largest absolute Gasteiger partial charge is 0.486 e. The number of carbonyl (C=O) groups excluding carboxylic acids is 1. The predicted molar refractivity (Wildman–Crippen MR) is 111 cm³/mol. The van der Waals surface area contributed by atoms with E-state index < -0.39 is 11.8 Å². The molecule has 5 nitrogen and oxygen atoms in total. The van der Waals surface area contributed by atoms with E-state index in [1.54, 1.807) is 45.0 Å². The number of hydrogen-bond acceptors (Lipinski definition) is 3. The van der Waals surface area contributed by atoms with Crippen molar-refractivity contribution in [2.75, 3.05) is 5.32 Å². The number of ether oxygens (including phenoxy) is 1. The summed E-state index contributed by atoms with van der Waals surface area (Å²) in [6, 6.07) is 6.32. The highest BCUT2D eigenvalue weighted by molar-refractivity contribution is 6.37. The number of carbonyl (C=O) groups is 2. The van der Waals surface area contributed by atoms with E-state index in [1.807, 2.05) is 0 Å². The van der Waals surface area contributed by atoms with Crippen LogP contribution in [0.2, 0.25) is 10.0 Å². The number of nitrogens with one attached hydrogen (secondary N) is 1. The lowest BCUT2D eigenvalue weighted by molar-refractivity contribution is -0.137. The summed E-state index contributed by atoms with van der Waals surface area (Å²) >= 11 is 12.4. The Labute approximate surface area is 178 Å². The first kappa shape index (κ1) is 23.0. The van der Waals surface area contributed by atoms with Gasteiger partial charge in [-0.2, -0.15) is 0 Å². The third-order valence-corrected chi connectivity index (χ3v) is 4.69. The van der Waals surface area contributed by atoms with Crippen molar-refractivity contribution in [3.05, 3.63) is 56.8 Å². The van der Waals surface area contributed by atoms with E-state index in [1.165, 1.54) is 0 Å². The zero-order valence-electron chi connectivity index (χ0n) is 16.3. The minimum Gasteiger partial charge on any atom is -0.486 e. The van der Waals surface area contributed by atoms with E-state index in [-0.39, 0.29) is 58.3 Å². The van der Waals surface area contributed by atoms with Crippen molar-refractivity contribution in [3.63, 3.8) is 0 Å². The van der Waals surface area contributed by atoms with Crippen LogP contribution in [0.3, 0.4) is 0 Å². The molecule has 156 valence electrons. The van der Waals surface area contributed by atoms with Gasteiger partial charge < -0.3 is 15.2 Å². The highest BCUT2D eigenvalue weighted by atomic mass is 35.5. The molecule has 2 aromatic carbocycles. The number of rotatable bonds is 8. The third kappa shape index (κ3) is 6.34. The Balaban J connectivity index is 2.20. The summed E-state index contributed by atoms with van der Waals surface area (Å²) in [6.45, 7) is 5.07. The van der Waals surface area contributed by atoms with Crippen LogP contribution in [-0.4, -0.2) is 17.0 Å². The van der Waals surface area contributed by atoms with Gasteiger partial charge in [0.15, 0.2) is 11.6 Å². The monoisotopic (exact) mass is 441 g/mol. The Morgan fingerprint density at radius 3 is 2.34 bits per heavy atom. The molecule has 0 aliphatic carbocycles. The maximum absolute atomic E-state index is 14.8. The predicted octanol–water partition coefficient (Wildman–Crippen LogP) is 5.63. The fourth-order valence-electron chi connectivity index (χ4n) is 2.61. The van der Waals surface area contributed by atoms with Gasteiger partial charge in [-0.3, -0.25) is 9.59 Å². The minimum atomic E-state index is -0.923. The summed E-state index contributed by atoms with van der Waals surface area (Å²) in [6.07, 6.45) is 0.229. The first-order valence-electron chi connectivity index (χ1n) is 9.01. The molecule has 0 unspecified atom stereocenters. The van der Waals surface area contributed by atoms with Gasteiger partial charge in [0.1, 0.15) is 6.61 Å². The fraction of sp³-hybridized carbons (Fsp3) is 0.333. The fourth-order valence-corrected chi connectivity index (χ4v) is 3.25. The molecule has 0 atom stereocenters. The van der Waals surface area contributed by atoms with Crippen molar-refractivity contribution in [1.82, 2.24) is 0 Å². The quantitative estimate of drug-likeness (QED) is 0.556. The molecule has 0 radical (unpaired) electrons. The van der Waals surface area contributed by atoms with Crippen LogP contribution in [0, 0.1) is 18.7 Å². The summed E-state index contributed by atoms with van der Waals surface area (Å²) in [5.74, 6) is -1.90. The lowest BCUT2D eigenvalue weighted by Crippen LogP contribution is -2.19. The molecule has 2 N–H and O–H groups in total. The van der Waals surface area contributed by atoms with E-state index in [0.29, 0.717) is 5.56 Å². The van der Waals surface area contributed by atoms with Crippen LogP contribution in [0.25, 0.3) is 0 Å². The SMILES string of the molecule is Cc1cc(COc2c(Cl)cc(CCC(=O)O)cc2Cl)c(F)c(NC(=O)C(C)C)c1. The molecule has 0 aliphatic heterocycles. The molecule has 0 spiro atoms. The molecule has 0 saturated carbocycles. The van der Waals surface area contributed by atoms with Crippen LogP contribution in [0.5, 0.6) is 5.75 Å². The van der Waals surface area contributed by atoms with Crippen molar-refractivity contribution in [2.24, 2.45) is 5.92 Å². The second kappa shape index (κ2) is 9.94. The maximum atomic E-state index is 14.8. The number of carboxylic acid groups (broad SMARTS) is 1. The highest BCUT2D eigenvalue weighted by Gasteiger charge is 2.16. The molecular weight excluding hydrogens is 420 g/mol. The number of benzene rings is 2. The molecule has 0 fully saturated rings. The van der Waals surface area contributed by atoms with E-state index in [0.717, 1.165) is 5.56 Å². The summed E-state index contributed by atoms with van der Waals surface area (Å²) in [5.41, 5.74) is 1.75. The maximum Gasteiger partial charge on any atom is 0.303 e. The normalized spacial score (nSPS) is 10.9. The smallest absolute Gasteiger partial charge is 0.303 e. The van der Waals surface area contributed by atoms with Crippen LogP contribution in [0.4, 0.5) is 10.1 Å². The van der Waals surface area contributed by atoms with E-state index >= 15 is 0 Å². The van der Waals surface area contributed by atoms with Crippen LogP contribution in [-0.2, 0) is 22.6 Å². The number of aryl methyl sites for hydroxylation is 2. The number of aliphatic carboxylic acids is 1. The van der Waals surface area contributed by atoms with Crippen molar-refractivity contribution in [2.45, 2.75) is 40.2 Å². The Kier molecular flexibility index (Phi) is 7.88. The van der Waals surface area contributed by atoms with Gasteiger partial charge in [-0.15, -0.1) is 0 Å². The summed E-state index contributed by atoms with van der Waals surface area (Å²) in [7, 11) is 0. The molecule has 2 rings (SSSR count). The molecule has 29 heavy (non-hydrogen) atoms. The molecule has 0 saturated heterocycles. The first-order valence-corrected chi connectivity index (χ1v) is 9.76. The van der Waals surface area contributed by atoms with Crippen molar-refractivity contribution in [1.29, 1.82) is 0 Å². The van der Waals surface area contributed by atoms with Crippen LogP contribution in [0.1, 0.15) is 37.0 Å². The van der Waals surface area contributed by atoms with Gasteiger partial charge in [-0.25, -0.2) is 4.39 Å². The third-order valence-electron chi connectivity index (χ3n) is 4.13. The molecule has 8 heteroatoms. The number of carboxylic acids is 1. The molecule has 0 heterocycles. The van der Waals surface area contributed by atoms with Gasteiger partial charge in [0, 0.05) is 17.9 Å². The van der Waals surface area contributed by atoms with Crippen molar-refractivity contribution in [3.8, 4) is 5.75 Å². The number of anilines is 1. The van der Waals surface area contributed by atoms with Crippen LogP contribution >= 0.6 is 23.2 Å². The standard InChI is InChI=1S/C21H22Cl2FNO4/c1-11(2)21(28)25-17-7-12(3)6-14(19(17)24)10-29-20-15(22)8-13(9-16(20)23)4-5-18(26)27/h6-9,11H,4-5,10H2,1-3H3,(H,25,28)(H,26,27). The first-order chi connectivity index (χ1) is 13.6.